The Bertz CT molecular complexity index is 648. The van der Waals surface area contributed by atoms with E-state index in [2.05, 4.69) is 33.7 Å². The topological polar surface area (TPSA) is 37.8 Å². The predicted octanol–water partition coefficient (Wildman–Crippen LogP) is 3.86. The van der Waals surface area contributed by atoms with Crippen LogP contribution >= 0.6 is 11.3 Å². The van der Waals surface area contributed by atoms with Gasteiger partial charge in [0.05, 0.1) is 11.7 Å². The van der Waals surface area contributed by atoms with E-state index in [1.165, 1.54) is 10.1 Å². The molecule has 0 saturated carbocycles. The molecule has 1 N–H and O–H groups in total. The van der Waals surface area contributed by atoms with Crippen LogP contribution in [-0.4, -0.2) is 9.97 Å². The van der Waals surface area contributed by atoms with Gasteiger partial charge in [0.15, 0.2) is 0 Å². The van der Waals surface area contributed by atoms with Crippen LogP contribution in [0.2, 0.25) is 0 Å². The quantitative estimate of drug-likeness (QED) is 0.772. The van der Waals surface area contributed by atoms with Crippen molar-refractivity contribution in [2.75, 3.05) is 5.32 Å². The second-order valence-electron chi connectivity index (χ2n) is 4.11. The van der Waals surface area contributed by atoms with Crippen molar-refractivity contribution in [1.82, 2.24) is 9.97 Å². The summed E-state index contributed by atoms with van der Waals surface area (Å²) in [7, 11) is 0. The third-order valence-corrected chi connectivity index (χ3v) is 3.75. The van der Waals surface area contributed by atoms with Gasteiger partial charge < -0.3 is 5.32 Å². The van der Waals surface area contributed by atoms with Crippen molar-refractivity contribution in [1.29, 1.82) is 0 Å². The fraction of sp³-hybridized carbons (Fsp3) is 0.143. The normalized spacial score (nSPS) is 12.5. The number of anilines is 1. The summed E-state index contributed by atoms with van der Waals surface area (Å²) in [5.74, 6) is 0.923. The first-order valence-corrected chi connectivity index (χ1v) is 6.72. The summed E-state index contributed by atoms with van der Waals surface area (Å²) in [6.07, 6.45) is 3.65. The third kappa shape index (κ3) is 2.07. The zero-order valence-corrected chi connectivity index (χ0v) is 10.8. The Morgan fingerprint density at radius 1 is 1.11 bits per heavy atom. The molecule has 1 atom stereocenters. The molecule has 0 aliphatic carbocycles. The summed E-state index contributed by atoms with van der Waals surface area (Å²) in [6.45, 7) is 2.09. The van der Waals surface area contributed by atoms with Crippen LogP contribution in [0, 0.1) is 0 Å². The van der Waals surface area contributed by atoms with Crippen molar-refractivity contribution in [2.45, 2.75) is 13.0 Å². The van der Waals surface area contributed by atoms with Crippen molar-refractivity contribution in [3.63, 3.8) is 0 Å². The molecule has 1 unspecified atom stereocenters. The second kappa shape index (κ2) is 4.74. The Morgan fingerprint density at radius 2 is 2.06 bits per heavy atom. The fourth-order valence-corrected chi connectivity index (χ4v) is 2.70. The van der Waals surface area contributed by atoms with Crippen molar-refractivity contribution >= 4 is 27.2 Å². The molecular weight excluding hydrogens is 242 g/mol. The maximum atomic E-state index is 4.41. The lowest BCUT2D eigenvalue weighted by molar-refractivity contribution is 0.834. The SMILES string of the molecule is CC(Nc1nccc2sccc12)c1ccccn1. The highest BCUT2D eigenvalue weighted by Gasteiger charge is 2.09. The summed E-state index contributed by atoms with van der Waals surface area (Å²) in [5, 5.41) is 6.68. The van der Waals surface area contributed by atoms with Gasteiger partial charge in [0.1, 0.15) is 5.82 Å². The summed E-state index contributed by atoms with van der Waals surface area (Å²) >= 11 is 1.73. The number of hydrogen-bond acceptors (Lipinski definition) is 4. The molecular formula is C14H13N3S. The van der Waals surface area contributed by atoms with Crippen molar-refractivity contribution in [3.8, 4) is 0 Å². The molecule has 18 heavy (non-hydrogen) atoms. The van der Waals surface area contributed by atoms with Gasteiger partial charge in [-0.2, -0.15) is 0 Å². The van der Waals surface area contributed by atoms with Gasteiger partial charge in [-0.25, -0.2) is 4.98 Å². The third-order valence-electron chi connectivity index (χ3n) is 2.86. The van der Waals surface area contributed by atoms with Crippen molar-refractivity contribution in [3.05, 3.63) is 53.8 Å². The second-order valence-corrected chi connectivity index (χ2v) is 5.06. The molecule has 3 aromatic rings. The predicted molar refractivity (Wildman–Crippen MR) is 75.9 cm³/mol. The zero-order chi connectivity index (χ0) is 12.4. The lowest BCUT2D eigenvalue weighted by Gasteiger charge is -2.14. The maximum Gasteiger partial charge on any atom is 0.135 e. The number of thiophene rings is 1. The Morgan fingerprint density at radius 3 is 2.89 bits per heavy atom. The minimum absolute atomic E-state index is 0.143. The van der Waals surface area contributed by atoms with E-state index in [0.717, 1.165) is 11.5 Å². The highest BCUT2D eigenvalue weighted by Crippen LogP contribution is 2.27. The minimum Gasteiger partial charge on any atom is -0.361 e. The molecule has 3 nitrogen and oxygen atoms in total. The number of rotatable bonds is 3. The monoisotopic (exact) mass is 255 g/mol. The zero-order valence-electron chi connectivity index (χ0n) is 10.00. The first kappa shape index (κ1) is 11.2. The van der Waals surface area contributed by atoms with E-state index in [0.29, 0.717) is 0 Å². The molecule has 0 amide bonds. The minimum atomic E-state index is 0.143. The highest BCUT2D eigenvalue weighted by molar-refractivity contribution is 7.17. The molecule has 0 fully saturated rings. The Kier molecular flexibility index (Phi) is 2.94. The lowest BCUT2D eigenvalue weighted by Crippen LogP contribution is -2.09. The van der Waals surface area contributed by atoms with E-state index < -0.39 is 0 Å². The van der Waals surface area contributed by atoms with Crippen molar-refractivity contribution in [2.24, 2.45) is 0 Å². The van der Waals surface area contributed by atoms with Gasteiger partial charge in [-0.1, -0.05) is 6.07 Å². The molecule has 3 heterocycles. The average molecular weight is 255 g/mol. The van der Waals surface area contributed by atoms with E-state index in [-0.39, 0.29) is 6.04 Å². The molecule has 0 bridgehead atoms. The van der Waals surface area contributed by atoms with Crippen LogP contribution in [0.3, 0.4) is 0 Å². The van der Waals surface area contributed by atoms with Crippen LogP contribution in [0.25, 0.3) is 10.1 Å². The van der Waals surface area contributed by atoms with Crippen LogP contribution in [0.15, 0.2) is 48.1 Å². The van der Waals surface area contributed by atoms with Gasteiger partial charge in [-0.15, -0.1) is 11.3 Å². The molecule has 0 aliphatic rings. The van der Waals surface area contributed by atoms with Crippen LogP contribution in [0.4, 0.5) is 5.82 Å². The molecule has 0 saturated heterocycles. The Hall–Kier alpha value is -1.94. The van der Waals surface area contributed by atoms with E-state index in [9.17, 15) is 0 Å². The number of aromatic nitrogens is 2. The summed E-state index contributed by atoms with van der Waals surface area (Å²) < 4.78 is 1.25. The number of nitrogens with zero attached hydrogens (tertiary/aromatic N) is 2. The molecule has 3 rings (SSSR count). The number of hydrogen-bond donors (Lipinski definition) is 1. The highest BCUT2D eigenvalue weighted by atomic mass is 32.1. The number of fused-ring (bicyclic) bond motifs is 1. The molecule has 4 heteroatoms. The maximum absolute atomic E-state index is 4.41. The van der Waals surface area contributed by atoms with Crippen molar-refractivity contribution < 1.29 is 0 Å². The van der Waals surface area contributed by atoms with Gasteiger partial charge in [-0.3, -0.25) is 4.98 Å². The first-order chi connectivity index (χ1) is 8.84. The smallest absolute Gasteiger partial charge is 0.135 e. The molecule has 0 aliphatic heterocycles. The molecule has 0 radical (unpaired) electrons. The average Bonchev–Trinajstić information content (AvgIpc) is 2.89. The largest absolute Gasteiger partial charge is 0.361 e. The van der Waals surface area contributed by atoms with E-state index >= 15 is 0 Å². The first-order valence-electron chi connectivity index (χ1n) is 5.84. The van der Waals surface area contributed by atoms with Crippen LogP contribution in [0.1, 0.15) is 18.7 Å². The Balaban J connectivity index is 1.91. The van der Waals surface area contributed by atoms with Gasteiger partial charge in [0.25, 0.3) is 0 Å². The lowest BCUT2D eigenvalue weighted by atomic mass is 10.2. The summed E-state index contributed by atoms with van der Waals surface area (Å²) in [6, 6.07) is 10.2. The van der Waals surface area contributed by atoms with Gasteiger partial charge >= 0.3 is 0 Å². The number of nitrogens with one attached hydrogen (secondary N) is 1. The van der Waals surface area contributed by atoms with E-state index in [1.54, 1.807) is 11.3 Å². The van der Waals surface area contributed by atoms with Crippen LogP contribution in [-0.2, 0) is 0 Å². The standard InChI is InChI=1S/C14H13N3S/c1-10(12-4-2-3-7-15-12)17-14-11-6-9-18-13(11)5-8-16-14/h2-10H,1H3,(H,16,17). The van der Waals surface area contributed by atoms with Crippen LogP contribution < -0.4 is 5.32 Å². The van der Waals surface area contributed by atoms with Crippen LogP contribution in [0.5, 0.6) is 0 Å². The molecule has 90 valence electrons. The Labute approximate surface area is 110 Å². The fourth-order valence-electron chi connectivity index (χ4n) is 1.92. The van der Waals surface area contributed by atoms with Gasteiger partial charge in [0, 0.05) is 22.5 Å². The van der Waals surface area contributed by atoms with E-state index in [1.807, 2.05) is 36.7 Å². The van der Waals surface area contributed by atoms with Gasteiger partial charge in [-0.05, 0) is 36.6 Å². The summed E-state index contributed by atoms with van der Waals surface area (Å²) in [4.78, 5) is 8.77. The van der Waals surface area contributed by atoms with Gasteiger partial charge in [0.2, 0.25) is 0 Å². The molecule has 0 aromatic carbocycles. The number of pyridine rings is 2. The molecule has 0 spiro atoms. The molecule has 3 aromatic heterocycles. The summed E-state index contributed by atoms with van der Waals surface area (Å²) in [5.41, 5.74) is 1.02. The van der Waals surface area contributed by atoms with E-state index in [4.69, 9.17) is 0 Å².